The van der Waals surface area contributed by atoms with E-state index in [1.807, 2.05) is 24.4 Å². The first-order valence-electron chi connectivity index (χ1n) is 31.6. The zero-order valence-corrected chi connectivity index (χ0v) is 55.1. The number of carbonyl (C=O) groups excluding carboxylic acids is 8. The number of primary amides is 1. The van der Waals surface area contributed by atoms with Gasteiger partial charge >= 0.3 is 0 Å². The van der Waals surface area contributed by atoms with Gasteiger partial charge in [-0.2, -0.15) is 5.10 Å². The number of rotatable bonds is 19. The van der Waals surface area contributed by atoms with Crippen molar-refractivity contribution >= 4 is 76.6 Å². The fraction of sp³-hybridized carbons (Fsp3) is 0.422. The van der Waals surface area contributed by atoms with Gasteiger partial charge in [-0.1, -0.05) is 76.2 Å². The molecule has 0 saturated carbocycles. The molecule has 0 aliphatic carbocycles. The van der Waals surface area contributed by atoms with Gasteiger partial charge in [-0.3, -0.25) is 43.3 Å². The zero-order chi connectivity index (χ0) is 70.8. The normalized spacial score (nSPS) is 24.9. The summed E-state index contributed by atoms with van der Waals surface area (Å²) in [6.07, 6.45) is -10.2. The SMILES string of the molecule is CC(O)C1NC(=O)[C@@H](NC(=O)c2ccc(-c3nnc(-c4cnn(-c5ccc(CN6CCN(c7ccccc7)CC6)cc5)c4)s3)cc2)CC(O)CNC(=O)C2C(O)C(C)CN2C(=O)C(C(O)CC(N)=O)NC(=O)C(C(O)Cc2ccc(O)c(OSOOO)c2)NC(=O)C2CC(O)CN2C1=O. The highest BCUT2D eigenvalue weighted by Crippen LogP contribution is 2.33. The van der Waals surface area contributed by atoms with Gasteiger partial charge in [0.25, 0.3) is 18.2 Å². The van der Waals surface area contributed by atoms with Crippen molar-refractivity contribution in [1.29, 1.82) is 0 Å². The van der Waals surface area contributed by atoms with Gasteiger partial charge in [0.15, 0.2) is 16.5 Å². The molecule has 2 aromatic heterocycles. The lowest BCUT2D eigenvalue weighted by Crippen LogP contribution is -2.64. The van der Waals surface area contributed by atoms with E-state index in [0.29, 0.717) is 21.1 Å². The largest absolute Gasteiger partial charge is 0.504 e. The number of fused-ring (bicyclic) bond motifs is 2. The maximum atomic E-state index is 14.7. The highest BCUT2D eigenvalue weighted by Gasteiger charge is 2.50. The number of aromatic hydroxyl groups is 1. The molecule has 13 atom stereocenters. The summed E-state index contributed by atoms with van der Waals surface area (Å²) in [5, 5.41) is 117. The number of phenols is 1. The lowest BCUT2D eigenvalue weighted by molar-refractivity contribution is -0.433. The summed E-state index contributed by atoms with van der Waals surface area (Å²) < 4.78 is 11.1. The number of hydrogen-bond acceptors (Lipinski definition) is 26. The summed E-state index contributed by atoms with van der Waals surface area (Å²) in [5.41, 5.74) is 10.0. The number of carbonyl (C=O) groups is 8. The van der Waals surface area contributed by atoms with E-state index in [2.05, 4.69) is 97.5 Å². The van der Waals surface area contributed by atoms with E-state index in [1.54, 1.807) is 23.0 Å². The third kappa shape index (κ3) is 17.8. The molecule has 4 saturated heterocycles. The highest BCUT2D eigenvalue weighted by molar-refractivity contribution is 7.90. The average Bonchev–Trinajstić information content (AvgIpc) is 1.68. The maximum absolute atomic E-state index is 14.7. The molecule has 12 unspecified atom stereocenters. The molecule has 4 aliphatic heterocycles. The first-order valence-corrected chi connectivity index (χ1v) is 33.1. The van der Waals surface area contributed by atoms with Crippen molar-refractivity contribution in [2.45, 2.75) is 119 Å². The van der Waals surface area contributed by atoms with Crippen LogP contribution in [0.15, 0.2) is 109 Å². The summed E-state index contributed by atoms with van der Waals surface area (Å²) in [6, 6.07) is 16.4. The van der Waals surface area contributed by atoms with Crippen LogP contribution in [0.4, 0.5) is 5.69 Å². The number of aromatic nitrogens is 4. The Kier molecular flexibility index (Phi) is 23.9. The van der Waals surface area contributed by atoms with Crippen LogP contribution in [0, 0.1) is 5.92 Å². The van der Waals surface area contributed by atoms with Crippen LogP contribution in [-0.4, -0.2) is 242 Å². The fourth-order valence-electron chi connectivity index (χ4n) is 12.3. The number of nitrogens with zero attached hydrogens (tertiary/aromatic N) is 8. The van der Waals surface area contributed by atoms with Crippen molar-refractivity contribution in [3.63, 3.8) is 0 Å². The summed E-state index contributed by atoms with van der Waals surface area (Å²) in [4.78, 5) is 120. The summed E-state index contributed by atoms with van der Waals surface area (Å²) in [7, 11) is 0. The number of nitrogens with one attached hydrogen (secondary N) is 5. The predicted octanol–water partition coefficient (Wildman–Crippen LogP) is -1.73. The number of para-hydroxylation sites is 1. The summed E-state index contributed by atoms with van der Waals surface area (Å²) in [5.74, 6) is -11.1. The number of hydrogen-bond donors (Lipinski definition) is 14. The Labute approximate surface area is 574 Å². The van der Waals surface area contributed by atoms with E-state index < -0.39 is 177 Å². The molecular weight excluding hydrogens is 1330 g/mol. The third-order valence-corrected chi connectivity index (χ3v) is 18.9. The van der Waals surface area contributed by atoms with Gasteiger partial charge in [-0.15, -0.1) is 10.2 Å². The molecule has 33 nitrogen and oxygen atoms in total. The standard InChI is InChI=1S/C64H76N14O19S2/c1-33-29-77-54(55(33)86)60(91)66-28-42(80)24-44(68-56(87)37-11-13-38(14-12-37)61-72-73-62(98-61)39-27-67-78(31-39)41-15-8-35(9-16-41)30-74-18-20-75(21-19-74)40-6-4-3-5-7-40)57(88)69-51(34(2)79)63(92)76-32-43(81)25-45(76)58(89)70-52(59(90)71-53(64(77)93)48(84)26-50(65)85)47(83)22-36-10-17-46(82)49(23-36)95-99-97-96-94/h3-17,23,27,31,33-34,42-45,47-48,51-55,79-84,86,94H,18-22,24-26,28-30,32H2,1-2H3,(H2,65,85)(H,66,91)(H,68,87)(H,69,88)(H,70,89)(H,71,90)/t33?,34?,42?,43?,44-,45?,47?,48?,51?,52?,53?,54?,55?/m0/s1. The number of benzene rings is 4. The Morgan fingerprint density at radius 1 is 0.737 bits per heavy atom. The Morgan fingerprint density at radius 2 is 1.40 bits per heavy atom. The highest BCUT2D eigenvalue weighted by atomic mass is 32.2. The quantitative estimate of drug-likeness (QED) is 0.0185. The van der Waals surface area contributed by atoms with Crippen molar-refractivity contribution in [2.75, 3.05) is 50.7 Å². The molecule has 6 heterocycles. The molecule has 4 aromatic carbocycles. The fourth-order valence-corrected chi connectivity index (χ4v) is 13.4. The van der Waals surface area contributed by atoms with Crippen molar-refractivity contribution in [3.05, 3.63) is 126 Å². The lowest BCUT2D eigenvalue weighted by Gasteiger charge is -2.36. The third-order valence-electron chi connectivity index (χ3n) is 17.6. The lowest BCUT2D eigenvalue weighted by atomic mass is 9.98. The first kappa shape index (κ1) is 72.5. The molecule has 35 heteroatoms. The van der Waals surface area contributed by atoms with E-state index in [9.17, 15) is 74.1 Å². The smallest absolute Gasteiger partial charge is 0.261 e. The Balaban J connectivity index is 0.868. The Morgan fingerprint density at radius 3 is 2.09 bits per heavy atom. The van der Waals surface area contributed by atoms with Gasteiger partial charge in [-0.05, 0) is 66.6 Å². The van der Waals surface area contributed by atoms with Crippen LogP contribution < -0.4 is 41.4 Å². The van der Waals surface area contributed by atoms with E-state index in [1.165, 1.54) is 47.7 Å². The molecule has 0 radical (unpaired) electrons. The van der Waals surface area contributed by atoms with Gasteiger partial charge in [-0.25, -0.2) is 9.94 Å². The summed E-state index contributed by atoms with van der Waals surface area (Å²) >= 11 is 1.32. The van der Waals surface area contributed by atoms with Gasteiger partial charge < -0.3 is 86.9 Å². The van der Waals surface area contributed by atoms with Crippen molar-refractivity contribution < 1.29 is 92.9 Å². The number of amides is 8. The van der Waals surface area contributed by atoms with Crippen LogP contribution in [-0.2, 0) is 55.9 Å². The molecule has 4 aliphatic rings. The minimum absolute atomic E-state index is 0.00649. The minimum Gasteiger partial charge on any atom is -0.504 e. The number of nitrogens with two attached hydrogens (primary N) is 1. The Bertz CT molecular complexity index is 3850. The van der Waals surface area contributed by atoms with E-state index in [4.69, 9.17) is 15.2 Å². The van der Waals surface area contributed by atoms with Crippen LogP contribution in [0.5, 0.6) is 11.5 Å². The second-order valence-corrected chi connectivity index (χ2v) is 26.1. The number of piperazine rings is 1. The molecule has 0 bridgehead atoms. The minimum atomic E-state index is -2.22. The van der Waals surface area contributed by atoms with Gasteiger partial charge in [0.2, 0.25) is 41.4 Å². The topological polar surface area (TPSA) is 469 Å². The van der Waals surface area contributed by atoms with E-state index in [-0.39, 0.29) is 29.2 Å². The van der Waals surface area contributed by atoms with Crippen molar-refractivity contribution in [2.24, 2.45) is 11.7 Å². The maximum Gasteiger partial charge on any atom is 0.261 e. The molecule has 4 fully saturated rings. The van der Waals surface area contributed by atoms with E-state index in [0.717, 1.165) is 67.3 Å². The van der Waals surface area contributed by atoms with Gasteiger partial charge in [0, 0.05) is 101 Å². The second-order valence-electron chi connectivity index (χ2n) is 24.7. The molecule has 6 aromatic rings. The Hall–Kier alpha value is -9.24. The van der Waals surface area contributed by atoms with Crippen LogP contribution in [0.2, 0.25) is 0 Å². The number of phenolic OH excluding ortho intramolecular Hbond substituents is 1. The number of anilines is 1. The number of aliphatic hydroxyl groups excluding tert-OH is 6. The first-order chi connectivity index (χ1) is 47.4. The van der Waals surface area contributed by atoms with Crippen molar-refractivity contribution in [1.82, 2.24) is 61.3 Å². The zero-order valence-electron chi connectivity index (χ0n) is 53.4. The van der Waals surface area contributed by atoms with Crippen LogP contribution in [0.3, 0.4) is 0 Å². The molecular formula is C64H76N14O19S2. The molecule has 99 heavy (non-hydrogen) atoms. The second kappa shape index (κ2) is 32.6. The molecule has 0 spiro atoms. The van der Waals surface area contributed by atoms with Crippen LogP contribution in [0.25, 0.3) is 26.8 Å². The van der Waals surface area contributed by atoms with Gasteiger partial charge in [0.05, 0.1) is 60.5 Å². The van der Waals surface area contributed by atoms with E-state index >= 15 is 0 Å². The molecule has 8 amide bonds. The number of aliphatic hydroxyl groups is 6. The van der Waals surface area contributed by atoms with Crippen molar-refractivity contribution in [3.8, 4) is 38.3 Å². The summed E-state index contributed by atoms with van der Waals surface area (Å²) in [6.45, 7) is 5.45. The molecule has 10 rings (SSSR count). The molecule has 528 valence electrons. The number of β-amino-alcohol motifs (C(OH)–C–C–N with tert-alkyl or cyclic N) is 1. The van der Waals surface area contributed by atoms with Gasteiger partial charge in [0.1, 0.15) is 41.3 Å². The predicted molar refractivity (Wildman–Crippen MR) is 352 cm³/mol. The molecule has 15 N–H and O–H groups in total. The van der Waals surface area contributed by atoms with Crippen LogP contribution in [0.1, 0.15) is 54.6 Å². The van der Waals surface area contributed by atoms with Crippen LogP contribution >= 0.6 is 23.7 Å². The average molecular weight is 1410 g/mol. The monoisotopic (exact) mass is 1410 g/mol.